The number of nitrogens with zero attached hydrogens (tertiary/aromatic N) is 1. The van der Waals surface area contributed by atoms with Gasteiger partial charge in [-0.25, -0.2) is 0 Å². The lowest BCUT2D eigenvalue weighted by Gasteiger charge is -2.31. The molecule has 19 heavy (non-hydrogen) atoms. The van der Waals surface area contributed by atoms with Crippen molar-refractivity contribution in [3.8, 4) is 0 Å². The number of piperidine rings is 1. The number of nitrogens with one attached hydrogen (secondary N) is 1. The Bertz CT molecular complexity index is 310. The maximum Gasteiger partial charge on any atom is 0.241 e. The molecule has 5 heteroatoms. The molecule has 2 amide bonds. The number of carbonyl (C=O) groups excluding carboxylic acids is 2. The number of rotatable bonds is 5. The Hall–Kier alpha value is -1.10. The molecule has 110 valence electrons. The predicted octanol–water partition coefficient (Wildman–Crippen LogP) is 0.735. The second kappa shape index (κ2) is 7.48. The molecular weight excluding hydrogens is 242 g/mol. The Kier molecular flexibility index (Phi) is 6.28. The van der Waals surface area contributed by atoms with Crippen LogP contribution in [0.15, 0.2) is 0 Å². The fourth-order valence-electron chi connectivity index (χ4n) is 2.29. The van der Waals surface area contributed by atoms with Gasteiger partial charge in [0.2, 0.25) is 11.8 Å². The zero-order valence-corrected chi connectivity index (χ0v) is 12.3. The first-order valence-corrected chi connectivity index (χ1v) is 7.26. The lowest BCUT2D eigenvalue weighted by atomic mass is 9.94. The van der Waals surface area contributed by atoms with E-state index in [0.29, 0.717) is 0 Å². The van der Waals surface area contributed by atoms with Gasteiger partial charge in [-0.1, -0.05) is 27.2 Å². The summed E-state index contributed by atoms with van der Waals surface area (Å²) in [6.45, 7) is 7.65. The molecule has 0 aromatic rings. The summed E-state index contributed by atoms with van der Waals surface area (Å²) in [5.74, 6) is 0.578. The third kappa shape index (κ3) is 4.82. The van der Waals surface area contributed by atoms with Crippen molar-refractivity contribution in [2.75, 3.05) is 19.6 Å². The molecule has 0 saturated carbocycles. The molecule has 1 saturated heterocycles. The van der Waals surface area contributed by atoms with Crippen LogP contribution in [0.5, 0.6) is 0 Å². The summed E-state index contributed by atoms with van der Waals surface area (Å²) in [6, 6.07) is -0.543. The van der Waals surface area contributed by atoms with Crippen molar-refractivity contribution >= 4 is 11.8 Å². The summed E-state index contributed by atoms with van der Waals surface area (Å²) in [5, 5.41) is 2.63. The molecule has 5 nitrogen and oxygen atoms in total. The van der Waals surface area contributed by atoms with Crippen LogP contribution in [0.25, 0.3) is 0 Å². The molecular formula is C14H27N3O2. The van der Waals surface area contributed by atoms with Gasteiger partial charge >= 0.3 is 0 Å². The van der Waals surface area contributed by atoms with E-state index in [-0.39, 0.29) is 24.3 Å². The summed E-state index contributed by atoms with van der Waals surface area (Å²) in [6.07, 6.45) is 3.32. The molecule has 0 aromatic heterocycles. The van der Waals surface area contributed by atoms with Gasteiger partial charge in [0.1, 0.15) is 0 Å². The fraction of sp³-hybridized carbons (Fsp3) is 0.857. The number of hydrogen-bond donors (Lipinski definition) is 2. The summed E-state index contributed by atoms with van der Waals surface area (Å²) in [7, 11) is 0. The molecule has 1 atom stereocenters. The van der Waals surface area contributed by atoms with Gasteiger partial charge in [-0.05, 0) is 24.7 Å². The number of hydrogen-bond acceptors (Lipinski definition) is 3. The highest BCUT2D eigenvalue weighted by molar-refractivity contribution is 5.87. The first kappa shape index (κ1) is 16.0. The molecule has 0 unspecified atom stereocenters. The smallest absolute Gasteiger partial charge is 0.241 e. The zero-order valence-electron chi connectivity index (χ0n) is 12.3. The van der Waals surface area contributed by atoms with E-state index in [1.807, 2.05) is 18.7 Å². The maximum atomic E-state index is 12.0. The van der Waals surface area contributed by atoms with Crippen LogP contribution in [0.2, 0.25) is 0 Å². The van der Waals surface area contributed by atoms with Gasteiger partial charge in [0.05, 0.1) is 12.6 Å². The fourth-order valence-corrected chi connectivity index (χ4v) is 2.29. The SMILES string of the molecule is CCC1CCN(C(=O)CNC(=O)[C@@H](N)C(C)C)CC1. The summed E-state index contributed by atoms with van der Waals surface area (Å²) in [5.41, 5.74) is 5.72. The highest BCUT2D eigenvalue weighted by Gasteiger charge is 2.23. The van der Waals surface area contributed by atoms with E-state index >= 15 is 0 Å². The maximum absolute atomic E-state index is 12.0. The Balaban J connectivity index is 2.30. The van der Waals surface area contributed by atoms with E-state index in [9.17, 15) is 9.59 Å². The van der Waals surface area contributed by atoms with E-state index in [2.05, 4.69) is 12.2 Å². The second-order valence-electron chi connectivity index (χ2n) is 5.72. The third-order valence-electron chi connectivity index (χ3n) is 3.98. The topological polar surface area (TPSA) is 75.4 Å². The van der Waals surface area contributed by atoms with E-state index in [1.54, 1.807) is 0 Å². The van der Waals surface area contributed by atoms with E-state index in [4.69, 9.17) is 5.73 Å². The largest absolute Gasteiger partial charge is 0.346 e. The Morgan fingerprint density at radius 1 is 1.32 bits per heavy atom. The van der Waals surface area contributed by atoms with Crippen LogP contribution in [0.4, 0.5) is 0 Å². The van der Waals surface area contributed by atoms with Crippen LogP contribution in [0, 0.1) is 11.8 Å². The minimum atomic E-state index is -0.543. The van der Waals surface area contributed by atoms with Gasteiger partial charge in [-0.15, -0.1) is 0 Å². The zero-order chi connectivity index (χ0) is 14.4. The second-order valence-corrected chi connectivity index (χ2v) is 5.72. The first-order valence-electron chi connectivity index (χ1n) is 7.26. The van der Waals surface area contributed by atoms with Gasteiger partial charge in [-0.3, -0.25) is 9.59 Å². The van der Waals surface area contributed by atoms with Gasteiger partial charge < -0.3 is 16.0 Å². The molecule has 0 aliphatic carbocycles. The summed E-state index contributed by atoms with van der Waals surface area (Å²) >= 11 is 0. The van der Waals surface area contributed by atoms with Gasteiger partial charge in [-0.2, -0.15) is 0 Å². The van der Waals surface area contributed by atoms with Crippen molar-refractivity contribution in [2.45, 2.75) is 46.1 Å². The van der Waals surface area contributed by atoms with Crippen LogP contribution in [0.1, 0.15) is 40.0 Å². The van der Waals surface area contributed by atoms with Crippen molar-refractivity contribution in [3.05, 3.63) is 0 Å². The number of carbonyl (C=O) groups is 2. The van der Waals surface area contributed by atoms with Crippen molar-refractivity contribution in [3.63, 3.8) is 0 Å². The normalized spacial score (nSPS) is 18.5. The van der Waals surface area contributed by atoms with Crippen LogP contribution in [-0.2, 0) is 9.59 Å². The minimum absolute atomic E-state index is 0.00106. The Morgan fingerprint density at radius 3 is 2.37 bits per heavy atom. The molecule has 0 bridgehead atoms. The molecule has 1 rings (SSSR count). The highest BCUT2D eigenvalue weighted by atomic mass is 16.2. The number of amides is 2. The van der Waals surface area contributed by atoms with Crippen LogP contribution >= 0.6 is 0 Å². The van der Waals surface area contributed by atoms with Crippen LogP contribution < -0.4 is 11.1 Å². The van der Waals surface area contributed by atoms with E-state index < -0.39 is 6.04 Å². The summed E-state index contributed by atoms with van der Waals surface area (Å²) in [4.78, 5) is 25.5. The van der Waals surface area contributed by atoms with Gasteiger partial charge in [0.25, 0.3) is 0 Å². The van der Waals surface area contributed by atoms with Crippen molar-refractivity contribution in [1.82, 2.24) is 10.2 Å². The van der Waals surface area contributed by atoms with Crippen molar-refractivity contribution < 1.29 is 9.59 Å². The quantitative estimate of drug-likeness (QED) is 0.773. The lowest BCUT2D eigenvalue weighted by molar-refractivity contribution is -0.134. The third-order valence-corrected chi connectivity index (χ3v) is 3.98. The average Bonchev–Trinajstić information content (AvgIpc) is 2.43. The Labute approximate surface area is 115 Å². The van der Waals surface area contributed by atoms with Gasteiger partial charge in [0.15, 0.2) is 0 Å². The van der Waals surface area contributed by atoms with Crippen LogP contribution in [0.3, 0.4) is 0 Å². The predicted molar refractivity (Wildman–Crippen MR) is 75.4 cm³/mol. The molecule has 0 spiro atoms. The molecule has 1 fully saturated rings. The highest BCUT2D eigenvalue weighted by Crippen LogP contribution is 2.19. The van der Waals surface area contributed by atoms with Crippen LogP contribution in [-0.4, -0.2) is 42.4 Å². The molecule has 3 N–H and O–H groups in total. The molecule has 0 aromatic carbocycles. The number of likely N-dealkylation sites (tertiary alicyclic amines) is 1. The average molecular weight is 269 g/mol. The van der Waals surface area contributed by atoms with E-state index in [1.165, 1.54) is 6.42 Å². The van der Waals surface area contributed by atoms with E-state index in [0.717, 1.165) is 31.8 Å². The van der Waals surface area contributed by atoms with Gasteiger partial charge in [0, 0.05) is 13.1 Å². The standard InChI is InChI=1S/C14H27N3O2/c1-4-11-5-7-17(8-6-11)12(18)9-16-14(19)13(15)10(2)3/h10-11,13H,4-9,15H2,1-3H3,(H,16,19)/t13-/m0/s1. The lowest BCUT2D eigenvalue weighted by Crippen LogP contribution is -2.49. The minimum Gasteiger partial charge on any atom is -0.346 e. The monoisotopic (exact) mass is 269 g/mol. The van der Waals surface area contributed by atoms with Crippen molar-refractivity contribution in [2.24, 2.45) is 17.6 Å². The molecule has 1 aliphatic heterocycles. The van der Waals surface area contributed by atoms with Crippen molar-refractivity contribution in [1.29, 1.82) is 0 Å². The Morgan fingerprint density at radius 2 is 1.89 bits per heavy atom. The molecule has 1 aliphatic rings. The molecule has 0 radical (unpaired) electrons. The first-order chi connectivity index (χ1) is 8.95. The summed E-state index contributed by atoms with van der Waals surface area (Å²) < 4.78 is 0. The number of nitrogens with two attached hydrogens (primary N) is 1. The molecule has 1 heterocycles.